The molecule has 0 aliphatic carbocycles. The molecule has 2 aromatic rings. The van der Waals surface area contributed by atoms with Gasteiger partial charge in [0.2, 0.25) is 10.0 Å². The molecule has 5 nitrogen and oxygen atoms in total. The monoisotopic (exact) mass is 346 g/mol. The molecule has 3 rings (SSSR count). The van der Waals surface area contributed by atoms with Gasteiger partial charge in [0.15, 0.2) is 0 Å². The van der Waals surface area contributed by atoms with Crippen LogP contribution in [0.1, 0.15) is 23.7 Å². The topological polar surface area (TPSA) is 69.6 Å². The van der Waals surface area contributed by atoms with Gasteiger partial charge in [-0.2, -0.15) is 0 Å². The van der Waals surface area contributed by atoms with Gasteiger partial charge < -0.3 is 5.11 Å². The summed E-state index contributed by atoms with van der Waals surface area (Å²) in [5.41, 5.74) is 2.08. The van der Waals surface area contributed by atoms with Crippen molar-refractivity contribution in [1.82, 2.24) is 9.62 Å². The summed E-state index contributed by atoms with van der Waals surface area (Å²) in [6.45, 7) is 2.41. The SMILES string of the molecule is O=S(=O)(NCCN1CCC(O)c2ccccc2C1)c1ccccc1. The number of aliphatic hydroxyl groups is 1. The molecule has 0 saturated carbocycles. The third-order valence-corrected chi connectivity index (χ3v) is 5.78. The van der Waals surface area contributed by atoms with Gasteiger partial charge in [-0.1, -0.05) is 42.5 Å². The van der Waals surface area contributed by atoms with E-state index in [0.717, 1.165) is 24.2 Å². The van der Waals surface area contributed by atoms with Crippen molar-refractivity contribution in [3.05, 3.63) is 65.7 Å². The Bertz CT molecular complexity index is 778. The van der Waals surface area contributed by atoms with Crippen molar-refractivity contribution in [2.24, 2.45) is 0 Å². The van der Waals surface area contributed by atoms with Crippen molar-refractivity contribution in [3.63, 3.8) is 0 Å². The molecule has 0 aromatic heterocycles. The van der Waals surface area contributed by atoms with Crippen LogP contribution in [0, 0.1) is 0 Å². The fraction of sp³-hybridized carbons (Fsp3) is 0.333. The summed E-state index contributed by atoms with van der Waals surface area (Å²) >= 11 is 0. The minimum absolute atomic E-state index is 0.279. The predicted molar refractivity (Wildman–Crippen MR) is 92.9 cm³/mol. The maximum absolute atomic E-state index is 12.2. The highest BCUT2D eigenvalue weighted by Gasteiger charge is 2.20. The lowest BCUT2D eigenvalue weighted by molar-refractivity contribution is 0.152. The smallest absolute Gasteiger partial charge is 0.240 e. The highest BCUT2D eigenvalue weighted by Crippen LogP contribution is 2.26. The minimum Gasteiger partial charge on any atom is -0.388 e. The molecule has 1 aliphatic rings. The molecule has 0 saturated heterocycles. The van der Waals surface area contributed by atoms with Gasteiger partial charge in [-0.15, -0.1) is 0 Å². The summed E-state index contributed by atoms with van der Waals surface area (Å²) in [6.07, 6.45) is 0.204. The standard InChI is InChI=1S/C18H22N2O3S/c21-18-10-12-20(14-15-6-4-5-9-17(15)18)13-11-19-24(22,23)16-7-2-1-3-8-16/h1-9,18-19,21H,10-14H2. The molecule has 0 spiro atoms. The molecule has 128 valence electrons. The zero-order valence-corrected chi connectivity index (χ0v) is 14.2. The van der Waals surface area contributed by atoms with E-state index in [1.54, 1.807) is 30.3 Å². The Labute approximate surface area is 143 Å². The molecule has 2 N–H and O–H groups in total. The summed E-state index contributed by atoms with van der Waals surface area (Å²) in [4.78, 5) is 2.45. The molecule has 1 atom stereocenters. The number of rotatable bonds is 5. The summed E-state index contributed by atoms with van der Waals surface area (Å²) in [5.74, 6) is 0. The van der Waals surface area contributed by atoms with Crippen molar-refractivity contribution >= 4 is 10.0 Å². The highest BCUT2D eigenvalue weighted by molar-refractivity contribution is 7.89. The molecule has 6 heteroatoms. The van der Waals surface area contributed by atoms with Crippen LogP contribution in [0.4, 0.5) is 0 Å². The van der Waals surface area contributed by atoms with Crippen LogP contribution in [0.5, 0.6) is 0 Å². The maximum atomic E-state index is 12.2. The van der Waals surface area contributed by atoms with E-state index in [9.17, 15) is 13.5 Å². The summed E-state index contributed by atoms with van der Waals surface area (Å²) in [5, 5.41) is 10.2. The largest absolute Gasteiger partial charge is 0.388 e. The molecule has 1 heterocycles. The first-order chi connectivity index (χ1) is 11.6. The predicted octanol–water partition coefficient (Wildman–Crippen LogP) is 1.90. The molecule has 0 radical (unpaired) electrons. The van der Waals surface area contributed by atoms with Crippen LogP contribution in [0.3, 0.4) is 0 Å². The molecule has 0 bridgehead atoms. The van der Waals surface area contributed by atoms with Crippen molar-refractivity contribution in [2.75, 3.05) is 19.6 Å². The van der Waals surface area contributed by atoms with Gasteiger partial charge in [-0.25, -0.2) is 13.1 Å². The average Bonchev–Trinajstić information content (AvgIpc) is 2.75. The molecule has 24 heavy (non-hydrogen) atoms. The first kappa shape index (κ1) is 17.1. The molecule has 1 aliphatic heterocycles. The van der Waals surface area contributed by atoms with Crippen LogP contribution >= 0.6 is 0 Å². The van der Waals surface area contributed by atoms with Crippen molar-refractivity contribution in [2.45, 2.75) is 24.0 Å². The number of fused-ring (bicyclic) bond motifs is 1. The Kier molecular flexibility index (Phi) is 5.30. The van der Waals surface area contributed by atoms with E-state index < -0.39 is 16.1 Å². The van der Waals surface area contributed by atoms with Gasteiger partial charge in [0.25, 0.3) is 0 Å². The first-order valence-electron chi connectivity index (χ1n) is 8.09. The Morgan fingerprint density at radius 2 is 1.79 bits per heavy atom. The van der Waals surface area contributed by atoms with Crippen molar-refractivity contribution in [1.29, 1.82) is 0 Å². The van der Waals surface area contributed by atoms with Crippen LogP contribution in [0.25, 0.3) is 0 Å². The average molecular weight is 346 g/mol. The van der Waals surface area contributed by atoms with E-state index in [2.05, 4.69) is 9.62 Å². The van der Waals surface area contributed by atoms with E-state index >= 15 is 0 Å². The second-order valence-corrected chi connectivity index (χ2v) is 7.76. The Hall–Kier alpha value is -1.73. The van der Waals surface area contributed by atoms with Crippen molar-refractivity contribution < 1.29 is 13.5 Å². The third-order valence-electron chi connectivity index (χ3n) is 4.30. The van der Waals surface area contributed by atoms with Crippen LogP contribution in [0.15, 0.2) is 59.5 Å². The quantitative estimate of drug-likeness (QED) is 0.868. The van der Waals surface area contributed by atoms with Crippen LogP contribution in [-0.2, 0) is 16.6 Å². The Morgan fingerprint density at radius 1 is 1.08 bits per heavy atom. The molecular formula is C18H22N2O3S. The van der Waals surface area contributed by atoms with E-state index in [0.29, 0.717) is 19.5 Å². The second-order valence-electron chi connectivity index (χ2n) is 5.99. The van der Waals surface area contributed by atoms with Crippen LogP contribution < -0.4 is 4.72 Å². The molecule has 1 unspecified atom stereocenters. The van der Waals surface area contributed by atoms with Gasteiger partial charge in [0, 0.05) is 26.2 Å². The molecule has 0 amide bonds. The maximum Gasteiger partial charge on any atom is 0.240 e. The van der Waals surface area contributed by atoms with E-state index in [-0.39, 0.29) is 4.90 Å². The summed E-state index contributed by atoms with van der Waals surface area (Å²) in [6, 6.07) is 16.3. The second kappa shape index (κ2) is 7.44. The van der Waals surface area contributed by atoms with Crippen LogP contribution in [-0.4, -0.2) is 38.1 Å². The van der Waals surface area contributed by atoms with Gasteiger partial charge in [0.1, 0.15) is 0 Å². The number of sulfonamides is 1. The number of nitrogens with zero attached hydrogens (tertiary/aromatic N) is 1. The summed E-state index contributed by atoms with van der Waals surface area (Å²) < 4.78 is 27.1. The Morgan fingerprint density at radius 3 is 2.58 bits per heavy atom. The molecule has 2 aromatic carbocycles. The normalized spacial score (nSPS) is 18.8. The van der Waals surface area contributed by atoms with E-state index in [1.165, 1.54) is 0 Å². The zero-order valence-electron chi connectivity index (χ0n) is 13.4. The van der Waals surface area contributed by atoms with E-state index in [4.69, 9.17) is 0 Å². The lowest BCUT2D eigenvalue weighted by atomic mass is 10.0. The number of benzene rings is 2. The lowest BCUT2D eigenvalue weighted by Crippen LogP contribution is -2.34. The van der Waals surface area contributed by atoms with Gasteiger partial charge in [0.05, 0.1) is 11.0 Å². The van der Waals surface area contributed by atoms with Gasteiger partial charge in [-0.05, 0) is 29.7 Å². The Balaban J connectivity index is 1.60. The van der Waals surface area contributed by atoms with Crippen LogP contribution in [0.2, 0.25) is 0 Å². The lowest BCUT2D eigenvalue weighted by Gasteiger charge is -2.20. The van der Waals surface area contributed by atoms with Gasteiger partial charge in [-0.3, -0.25) is 4.90 Å². The van der Waals surface area contributed by atoms with Gasteiger partial charge >= 0.3 is 0 Å². The third kappa shape index (κ3) is 4.02. The van der Waals surface area contributed by atoms with Crippen molar-refractivity contribution in [3.8, 4) is 0 Å². The number of aliphatic hydroxyl groups excluding tert-OH is 1. The molecule has 0 fully saturated rings. The first-order valence-corrected chi connectivity index (χ1v) is 9.57. The van der Waals surface area contributed by atoms with E-state index in [1.807, 2.05) is 24.3 Å². The fourth-order valence-electron chi connectivity index (χ4n) is 3.00. The summed E-state index contributed by atoms with van der Waals surface area (Å²) in [7, 11) is -3.47. The number of hydrogen-bond donors (Lipinski definition) is 2. The molecular weight excluding hydrogens is 324 g/mol. The number of hydrogen-bond acceptors (Lipinski definition) is 4. The fourth-order valence-corrected chi connectivity index (χ4v) is 4.04. The number of nitrogens with one attached hydrogen (secondary N) is 1. The highest BCUT2D eigenvalue weighted by atomic mass is 32.2. The zero-order chi connectivity index (χ0) is 17.0. The minimum atomic E-state index is -3.47.